The molecule has 0 bridgehead atoms. The second-order valence-corrected chi connectivity index (χ2v) is 13.3. The van der Waals surface area contributed by atoms with Gasteiger partial charge in [0.15, 0.2) is 0 Å². The SMILES string of the molecule is Fc1cc(F)cc(-c2c3cc4c(cc3c(-c3cc(F)cc(F)c3)c3c5cc6ccccc6c6cccc(c23)c65)c2cccc3cccc4c32)c1. The number of fused-ring (bicyclic) bond motifs is 9. The number of rotatable bonds is 2. The van der Waals surface area contributed by atoms with Crippen LogP contribution in [0.5, 0.6) is 0 Å². The van der Waals surface area contributed by atoms with E-state index < -0.39 is 23.3 Å². The van der Waals surface area contributed by atoms with Gasteiger partial charge < -0.3 is 0 Å². The fourth-order valence-electron chi connectivity index (χ4n) is 8.87. The Morgan fingerprint density at radius 1 is 0.260 bits per heavy atom. The molecule has 0 saturated carbocycles. The third-order valence-electron chi connectivity index (χ3n) is 10.7. The van der Waals surface area contributed by atoms with Gasteiger partial charge in [-0.25, -0.2) is 17.6 Å². The normalized spacial score (nSPS) is 12.4. The molecule has 0 nitrogen and oxygen atoms in total. The van der Waals surface area contributed by atoms with Crippen molar-refractivity contribution >= 4 is 86.2 Å². The molecule has 11 aromatic carbocycles. The van der Waals surface area contributed by atoms with Crippen molar-refractivity contribution in [3.05, 3.63) is 157 Å². The zero-order valence-corrected chi connectivity index (χ0v) is 26.2. The zero-order chi connectivity index (χ0) is 33.4. The lowest BCUT2D eigenvalue weighted by atomic mass is 9.85. The summed E-state index contributed by atoms with van der Waals surface area (Å²) in [6, 6.07) is 40.4. The minimum absolute atomic E-state index is 0.392. The van der Waals surface area contributed by atoms with Crippen molar-refractivity contribution in [2.45, 2.75) is 0 Å². The summed E-state index contributed by atoms with van der Waals surface area (Å²) >= 11 is 0. The van der Waals surface area contributed by atoms with Gasteiger partial charge in [0, 0.05) is 12.1 Å². The molecule has 0 spiro atoms. The van der Waals surface area contributed by atoms with Gasteiger partial charge in [-0.2, -0.15) is 0 Å². The van der Waals surface area contributed by atoms with E-state index >= 15 is 17.6 Å². The molecule has 0 aliphatic rings. The van der Waals surface area contributed by atoms with Crippen molar-refractivity contribution in [2.24, 2.45) is 0 Å². The Labute approximate surface area is 282 Å². The topological polar surface area (TPSA) is 0 Å². The molecule has 234 valence electrons. The van der Waals surface area contributed by atoms with E-state index in [0.717, 1.165) is 98.3 Å². The number of hydrogen-bond acceptors (Lipinski definition) is 0. The van der Waals surface area contributed by atoms with Gasteiger partial charge in [0.2, 0.25) is 0 Å². The molecule has 11 rings (SSSR count). The van der Waals surface area contributed by atoms with Crippen LogP contribution in [0.3, 0.4) is 0 Å². The summed E-state index contributed by atoms with van der Waals surface area (Å²) < 4.78 is 60.9. The summed E-state index contributed by atoms with van der Waals surface area (Å²) in [5, 5.41) is 15.4. The van der Waals surface area contributed by atoms with Crippen LogP contribution in [0.25, 0.3) is 108 Å². The van der Waals surface area contributed by atoms with Crippen LogP contribution in [0.4, 0.5) is 17.6 Å². The maximum Gasteiger partial charge on any atom is 0.126 e. The molecule has 50 heavy (non-hydrogen) atoms. The Hall–Kier alpha value is -6.26. The van der Waals surface area contributed by atoms with Crippen molar-refractivity contribution in [3.8, 4) is 22.3 Å². The van der Waals surface area contributed by atoms with Gasteiger partial charge >= 0.3 is 0 Å². The molecule has 0 fully saturated rings. The monoisotopic (exact) mass is 650 g/mol. The molecule has 11 aromatic rings. The smallest absolute Gasteiger partial charge is 0.126 e. The molecule has 0 saturated heterocycles. The number of halogens is 4. The second kappa shape index (κ2) is 9.67. The predicted octanol–water partition coefficient (Wildman–Crippen LogP) is 13.7. The molecule has 0 N–H and O–H groups in total. The molecule has 0 atom stereocenters. The second-order valence-electron chi connectivity index (χ2n) is 13.3. The Bertz CT molecular complexity index is 3200. The minimum Gasteiger partial charge on any atom is -0.207 e. The van der Waals surface area contributed by atoms with E-state index in [2.05, 4.69) is 60.7 Å². The van der Waals surface area contributed by atoms with Gasteiger partial charge in [0.05, 0.1) is 0 Å². The highest BCUT2D eigenvalue weighted by atomic mass is 19.1. The third-order valence-corrected chi connectivity index (χ3v) is 10.7. The summed E-state index contributed by atoms with van der Waals surface area (Å²) in [5.74, 6) is -2.74. The average molecular weight is 651 g/mol. The highest BCUT2D eigenvalue weighted by Crippen LogP contribution is 2.54. The highest BCUT2D eigenvalue weighted by Gasteiger charge is 2.26. The van der Waals surface area contributed by atoms with Crippen LogP contribution < -0.4 is 0 Å². The van der Waals surface area contributed by atoms with Crippen LogP contribution in [0.1, 0.15) is 0 Å². The molecule has 0 aliphatic heterocycles. The third kappa shape index (κ3) is 3.60. The highest BCUT2D eigenvalue weighted by molar-refractivity contribution is 6.43. The van der Waals surface area contributed by atoms with E-state index in [-0.39, 0.29) is 0 Å². The standard InChI is InChI=1S/C46H22F4/c47-27-14-25(15-28(48)19-27)42-38-21-36-33-10-3-7-23-8-4-11-34(41(23)33)37(36)22-39(38)43(26-16-29(49)20-30(50)17-26)46-40-18-24-6-1-2-9-31(24)32-12-5-13-35(44(32)40)45(42)46/h1-22H. The molecule has 0 aliphatic carbocycles. The van der Waals surface area contributed by atoms with Gasteiger partial charge in [0.1, 0.15) is 23.3 Å². The maximum absolute atomic E-state index is 15.2. The van der Waals surface area contributed by atoms with Crippen molar-refractivity contribution in [3.63, 3.8) is 0 Å². The first-order valence-electron chi connectivity index (χ1n) is 16.5. The van der Waals surface area contributed by atoms with Crippen molar-refractivity contribution in [1.82, 2.24) is 0 Å². The maximum atomic E-state index is 15.2. The zero-order valence-electron chi connectivity index (χ0n) is 26.2. The van der Waals surface area contributed by atoms with Crippen LogP contribution in [-0.2, 0) is 0 Å². The van der Waals surface area contributed by atoms with E-state index in [9.17, 15) is 0 Å². The van der Waals surface area contributed by atoms with Gasteiger partial charge in [-0.05, 0) is 151 Å². The van der Waals surface area contributed by atoms with E-state index in [1.165, 1.54) is 24.3 Å². The van der Waals surface area contributed by atoms with Gasteiger partial charge in [-0.15, -0.1) is 0 Å². The molecule has 0 heterocycles. The predicted molar refractivity (Wildman–Crippen MR) is 200 cm³/mol. The number of benzene rings is 9. The Kier molecular flexibility index (Phi) is 5.35. The fraction of sp³-hybridized carbons (Fsp3) is 0. The molecule has 0 unspecified atom stereocenters. The lowest BCUT2D eigenvalue weighted by Crippen LogP contribution is -1.92. The summed E-state index contributed by atoms with van der Waals surface area (Å²) in [7, 11) is 0. The van der Waals surface area contributed by atoms with Crippen molar-refractivity contribution in [1.29, 1.82) is 0 Å². The lowest BCUT2D eigenvalue weighted by Gasteiger charge is -2.18. The summed E-state index contributed by atoms with van der Waals surface area (Å²) in [6.07, 6.45) is 0. The van der Waals surface area contributed by atoms with Crippen LogP contribution in [0.2, 0.25) is 0 Å². The molecular formula is C46H22F4. The average Bonchev–Trinajstić information content (AvgIpc) is 3.59. The van der Waals surface area contributed by atoms with Gasteiger partial charge in [-0.3, -0.25) is 0 Å². The van der Waals surface area contributed by atoms with Crippen LogP contribution in [0.15, 0.2) is 133 Å². The van der Waals surface area contributed by atoms with Crippen molar-refractivity contribution < 1.29 is 17.6 Å². The fourth-order valence-corrected chi connectivity index (χ4v) is 8.87. The summed E-state index contributed by atoms with van der Waals surface area (Å²) in [4.78, 5) is 0. The molecule has 0 amide bonds. The van der Waals surface area contributed by atoms with Crippen LogP contribution in [0, 0.1) is 23.3 Å². The Morgan fingerprint density at radius 2 is 0.700 bits per heavy atom. The summed E-state index contributed by atoms with van der Waals surface area (Å²) in [6.45, 7) is 0. The van der Waals surface area contributed by atoms with Gasteiger partial charge in [-0.1, -0.05) is 78.9 Å². The first-order valence-corrected chi connectivity index (χ1v) is 16.5. The van der Waals surface area contributed by atoms with E-state index in [1.54, 1.807) is 0 Å². The minimum atomic E-state index is -0.685. The quantitative estimate of drug-likeness (QED) is 0.129. The van der Waals surface area contributed by atoms with Crippen LogP contribution in [-0.4, -0.2) is 0 Å². The first-order chi connectivity index (χ1) is 24.4. The molecule has 0 aromatic heterocycles. The molecular weight excluding hydrogens is 628 g/mol. The van der Waals surface area contributed by atoms with Crippen molar-refractivity contribution in [2.75, 3.05) is 0 Å². The van der Waals surface area contributed by atoms with Crippen LogP contribution >= 0.6 is 0 Å². The van der Waals surface area contributed by atoms with E-state index in [4.69, 9.17) is 0 Å². The lowest BCUT2D eigenvalue weighted by molar-refractivity contribution is 0.583. The Balaban J connectivity index is 1.50. The van der Waals surface area contributed by atoms with Gasteiger partial charge in [0.25, 0.3) is 0 Å². The Morgan fingerprint density at radius 3 is 1.28 bits per heavy atom. The molecule has 4 heteroatoms. The number of hydrogen-bond donors (Lipinski definition) is 0. The summed E-state index contributed by atoms with van der Waals surface area (Å²) in [5.41, 5.74) is 2.13. The van der Waals surface area contributed by atoms with E-state index in [0.29, 0.717) is 22.3 Å². The van der Waals surface area contributed by atoms with E-state index in [1.807, 2.05) is 36.4 Å². The largest absolute Gasteiger partial charge is 0.207 e. The first kappa shape index (κ1) is 27.7. The molecule has 0 radical (unpaired) electrons.